The van der Waals surface area contributed by atoms with Crippen LogP contribution >= 0.6 is 0 Å². The SMILES string of the molecule is N#CC(CC(=O)O)c1ccc(OCc2cccc(CN3Cc4cocc4C3)c2)cc1.[LiH]. The zero-order chi connectivity index (χ0) is 20.9. The van der Waals surface area contributed by atoms with Gasteiger partial charge in [0.1, 0.15) is 12.4 Å². The number of carboxylic acids is 1. The van der Waals surface area contributed by atoms with Gasteiger partial charge in [-0.1, -0.05) is 36.4 Å². The van der Waals surface area contributed by atoms with Crippen LogP contribution in [-0.2, 0) is 31.0 Å². The molecule has 31 heavy (non-hydrogen) atoms. The summed E-state index contributed by atoms with van der Waals surface area (Å²) in [4.78, 5) is 13.2. The molecule has 1 aliphatic heterocycles. The van der Waals surface area contributed by atoms with Gasteiger partial charge in [-0.2, -0.15) is 5.26 Å². The van der Waals surface area contributed by atoms with Gasteiger partial charge in [0.05, 0.1) is 30.9 Å². The molecule has 1 aliphatic rings. The fraction of sp³-hybridized carbons (Fsp3) is 0.250. The third kappa shape index (κ3) is 5.80. The van der Waals surface area contributed by atoms with Gasteiger partial charge in [-0.05, 0) is 28.8 Å². The van der Waals surface area contributed by atoms with E-state index in [0.717, 1.165) is 25.2 Å². The van der Waals surface area contributed by atoms with E-state index in [-0.39, 0.29) is 25.3 Å². The minimum atomic E-state index is -0.985. The van der Waals surface area contributed by atoms with Gasteiger partial charge in [-0.3, -0.25) is 9.69 Å². The van der Waals surface area contributed by atoms with Crippen molar-refractivity contribution in [1.82, 2.24) is 4.90 Å². The van der Waals surface area contributed by atoms with E-state index in [9.17, 15) is 4.79 Å². The van der Waals surface area contributed by atoms with Crippen molar-refractivity contribution in [1.29, 1.82) is 5.26 Å². The van der Waals surface area contributed by atoms with E-state index in [0.29, 0.717) is 17.9 Å². The number of ether oxygens (including phenoxy) is 1. The Morgan fingerprint density at radius 1 is 1.13 bits per heavy atom. The predicted molar refractivity (Wildman–Crippen MR) is 117 cm³/mol. The molecule has 7 heteroatoms. The summed E-state index contributed by atoms with van der Waals surface area (Å²) in [5.74, 6) is -0.959. The topological polar surface area (TPSA) is 86.7 Å². The second-order valence-electron chi connectivity index (χ2n) is 7.52. The molecule has 0 saturated carbocycles. The molecule has 0 bridgehead atoms. The molecule has 1 aromatic heterocycles. The van der Waals surface area contributed by atoms with Gasteiger partial charge < -0.3 is 14.3 Å². The number of nitrogens with zero attached hydrogens (tertiary/aromatic N) is 2. The van der Waals surface area contributed by atoms with E-state index in [4.69, 9.17) is 19.5 Å². The molecule has 0 radical (unpaired) electrons. The van der Waals surface area contributed by atoms with Crippen LogP contribution in [0.3, 0.4) is 0 Å². The zero-order valence-electron chi connectivity index (χ0n) is 16.5. The molecule has 0 amide bonds. The van der Waals surface area contributed by atoms with Crippen molar-refractivity contribution in [2.45, 2.75) is 38.6 Å². The quantitative estimate of drug-likeness (QED) is 0.569. The van der Waals surface area contributed by atoms with E-state index in [1.54, 1.807) is 24.3 Å². The monoisotopic (exact) mass is 410 g/mol. The van der Waals surface area contributed by atoms with Crippen LogP contribution in [0, 0.1) is 11.3 Å². The number of fused-ring (bicyclic) bond motifs is 1. The Labute approximate surface area is 193 Å². The van der Waals surface area contributed by atoms with Gasteiger partial charge in [0, 0.05) is 30.8 Å². The van der Waals surface area contributed by atoms with Gasteiger partial charge in [0.15, 0.2) is 0 Å². The minimum absolute atomic E-state index is 0. The summed E-state index contributed by atoms with van der Waals surface area (Å²) in [7, 11) is 0. The molecular formula is C24H23LiN2O4. The zero-order valence-corrected chi connectivity index (χ0v) is 16.5. The molecular weight excluding hydrogens is 387 g/mol. The Morgan fingerprint density at radius 3 is 2.45 bits per heavy atom. The van der Waals surface area contributed by atoms with Crippen LogP contribution in [0.2, 0.25) is 0 Å². The van der Waals surface area contributed by atoms with Crippen molar-refractivity contribution in [2.24, 2.45) is 0 Å². The second kappa shape index (κ2) is 10.4. The molecule has 0 fully saturated rings. The van der Waals surface area contributed by atoms with E-state index in [2.05, 4.69) is 17.0 Å². The van der Waals surface area contributed by atoms with Gasteiger partial charge >= 0.3 is 24.8 Å². The van der Waals surface area contributed by atoms with Crippen molar-refractivity contribution in [3.63, 3.8) is 0 Å². The Morgan fingerprint density at radius 2 is 1.81 bits per heavy atom. The van der Waals surface area contributed by atoms with Crippen LogP contribution < -0.4 is 4.74 Å². The first-order valence-electron chi connectivity index (χ1n) is 9.79. The fourth-order valence-electron chi connectivity index (χ4n) is 3.73. The maximum atomic E-state index is 10.9. The Bertz CT molecular complexity index is 1050. The second-order valence-corrected chi connectivity index (χ2v) is 7.52. The van der Waals surface area contributed by atoms with Crippen LogP contribution in [0.4, 0.5) is 0 Å². The fourth-order valence-corrected chi connectivity index (χ4v) is 3.73. The molecule has 2 aromatic carbocycles. The van der Waals surface area contributed by atoms with Crippen molar-refractivity contribution in [3.8, 4) is 11.8 Å². The first kappa shape index (κ1) is 22.7. The van der Waals surface area contributed by atoms with Crippen LogP contribution in [-0.4, -0.2) is 34.8 Å². The Kier molecular flexibility index (Phi) is 7.60. The summed E-state index contributed by atoms with van der Waals surface area (Å²) < 4.78 is 11.1. The molecule has 2 heterocycles. The number of furan rings is 1. The van der Waals surface area contributed by atoms with Crippen molar-refractivity contribution < 1.29 is 19.1 Å². The summed E-state index contributed by atoms with van der Waals surface area (Å²) in [6.07, 6.45) is 3.44. The predicted octanol–water partition coefficient (Wildman–Crippen LogP) is 3.81. The summed E-state index contributed by atoms with van der Waals surface area (Å²) in [5, 5.41) is 18.1. The number of nitriles is 1. The summed E-state index contributed by atoms with van der Waals surface area (Å²) >= 11 is 0. The summed E-state index contributed by atoms with van der Waals surface area (Å²) in [6.45, 7) is 3.12. The number of hydrogen-bond acceptors (Lipinski definition) is 5. The molecule has 3 aromatic rings. The summed E-state index contributed by atoms with van der Waals surface area (Å²) in [6, 6.07) is 17.4. The van der Waals surface area contributed by atoms with Crippen LogP contribution in [0.15, 0.2) is 65.5 Å². The average molecular weight is 410 g/mol. The van der Waals surface area contributed by atoms with Crippen LogP contribution in [0.5, 0.6) is 5.75 Å². The van der Waals surface area contributed by atoms with Crippen molar-refractivity contribution >= 4 is 24.8 Å². The third-order valence-corrected chi connectivity index (χ3v) is 5.24. The van der Waals surface area contributed by atoms with Crippen molar-refractivity contribution in [2.75, 3.05) is 0 Å². The maximum absolute atomic E-state index is 10.9. The third-order valence-electron chi connectivity index (χ3n) is 5.24. The number of carbonyl (C=O) groups is 1. The van der Waals surface area contributed by atoms with E-state index in [1.165, 1.54) is 16.7 Å². The van der Waals surface area contributed by atoms with Gasteiger partial charge in [0.25, 0.3) is 0 Å². The molecule has 4 rings (SSSR count). The molecule has 0 aliphatic carbocycles. The molecule has 1 atom stereocenters. The molecule has 0 saturated heterocycles. The first-order chi connectivity index (χ1) is 14.6. The van der Waals surface area contributed by atoms with E-state index in [1.807, 2.05) is 30.7 Å². The molecule has 0 spiro atoms. The number of carboxylic acid groups (broad SMARTS) is 1. The van der Waals surface area contributed by atoms with Crippen LogP contribution in [0.25, 0.3) is 0 Å². The molecule has 1 N–H and O–H groups in total. The average Bonchev–Trinajstić information content (AvgIpc) is 3.33. The van der Waals surface area contributed by atoms with E-state index >= 15 is 0 Å². The standard InChI is InChI=1S/C24H22N2O4.Li.H/c25-10-20(9-24(27)28)19-4-6-23(7-5-19)30-14-18-3-1-2-17(8-18)11-26-12-21-15-29-16-22(21)13-26;;/h1-8,15-16,20H,9,11-14H2,(H,27,28);;. The Hall–Kier alpha value is -2.96. The normalized spacial score (nSPS) is 13.6. The number of aliphatic carboxylic acids is 1. The molecule has 154 valence electrons. The Balaban J connectivity index is 0.00000272. The van der Waals surface area contributed by atoms with E-state index < -0.39 is 11.9 Å². The van der Waals surface area contributed by atoms with Gasteiger partial charge in [0.2, 0.25) is 0 Å². The molecule has 6 nitrogen and oxygen atoms in total. The van der Waals surface area contributed by atoms with Crippen LogP contribution in [0.1, 0.15) is 40.2 Å². The summed E-state index contributed by atoms with van der Waals surface area (Å²) in [5.41, 5.74) is 5.53. The first-order valence-corrected chi connectivity index (χ1v) is 9.79. The van der Waals surface area contributed by atoms with Gasteiger partial charge in [-0.25, -0.2) is 0 Å². The van der Waals surface area contributed by atoms with Crippen molar-refractivity contribution in [3.05, 3.63) is 88.9 Å². The van der Waals surface area contributed by atoms with Gasteiger partial charge in [-0.15, -0.1) is 0 Å². The number of rotatable bonds is 8. The number of hydrogen-bond donors (Lipinski definition) is 1. The number of benzene rings is 2. The molecule has 1 unspecified atom stereocenters.